The van der Waals surface area contributed by atoms with Crippen molar-refractivity contribution in [1.29, 1.82) is 0 Å². The fourth-order valence-corrected chi connectivity index (χ4v) is 10.9. The molecule has 2 heterocycles. The van der Waals surface area contributed by atoms with Crippen molar-refractivity contribution >= 4 is 43.7 Å². The summed E-state index contributed by atoms with van der Waals surface area (Å²) in [6.07, 6.45) is 11.3. The summed E-state index contributed by atoms with van der Waals surface area (Å²) in [5, 5.41) is 4.69. The van der Waals surface area contributed by atoms with Gasteiger partial charge in [0.05, 0.1) is 5.52 Å². The van der Waals surface area contributed by atoms with E-state index in [1.165, 1.54) is 66.4 Å². The molecular weight excluding hydrogens is 751 g/mol. The van der Waals surface area contributed by atoms with Crippen LogP contribution in [0.25, 0.3) is 71.7 Å². The number of nitrogens with zero attached hydrogens (tertiary/aromatic N) is 1. The molecule has 8 aromatic carbocycles. The Bertz CT molecular complexity index is 3360. The Balaban J connectivity index is 0.886. The number of fused-ring (bicyclic) bond motifs is 10. The SMILES string of the molecule is CC1(C)c2cc(C(CCc3ccc(-c4ccc5oc6c7ccc8ccccc8c7n(-c7ccccc7)c6c5c4)cc3)c3ccc(-c4ccccc4)cc3)ccc2C2C=CC=CC21. The molecule has 0 bridgehead atoms. The monoisotopic (exact) mass is 797 g/mol. The van der Waals surface area contributed by atoms with E-state index in [0.29, 0.717) is 11.8 Å². The first-order valence-electron chi connectivity index (χ1n) is 22.2. The Morgan fingerprint density at radius 1 is 0.548 bits per heavy atom. The van der Waals surface area contributed by atoms with E-state index in [2.05, 4.69) is 225 Å². The smallest absolute Gasteiger partial charge is 0.161 e. The zero-order valence-corrected chi connectivity index (χ0v) is 35.1. The highest BCUT2D eigenvalue weighted by molar-refractivity contribution is 6.22. The van der Waals surface area contributed by atoms with Crippen LogP contribution in [0.4, 0.5) is 0 Å². The molecule has 2 heteroatoms. The first kappa shape index (κ1) is 36.7. The molecule has 3 atom stereocenters. The number of hydrogen-bond acceptors (Lipinski definition) is 1. The molecule has 0 aliphatic heterocycles. The lowest BCUT2D eigenvalue weighted by atomic mass is 9.74. The van der Waals surface area contributed by atoms with Gasteiger partial charge >= 0.3 is 0 Å². The molecule has 3 unspecified atom stereocenters. The van der Waals surface area contributed by atoms with E-state index in [1.807, 2.05) is 0 Å². The normalized spacial score (nSPS) is 16.9. The summed E-state index contributed by atoms with van der Waals surface area (Å²) < 4.78 is 9.12. The lowest BCUT2D eigenvalue weighted by molar-refractivity contribution is 0.394. The maximum atomic E-state index is 6.72. The first-order valence-corrected chi connectivity index (χ1v) is 22.2. The molecule has 62 heavy (non-hydrogen) atoms. The molecule has 0 saturated carbocycles. The third kappa shape index (κ3) is 5.92. The van der Waals surface area contributed by atoms with E-state index in [9.17, 15) is 0 Å². The summed E-state index contributed by atoms with van der Waals surface area (Å²) in [7, 11) is 0. The Labute approximate surface area is 363 Å². The van der Waals surface area contributed by atoms with Gasteiger partial charge in [-0.3, -0.25) is 0 Å². The van der Waals surface area contributed by atoms with Gasteiger partial charge in [-0.25, -0.2) is 0 Å². The van der Waals surface area contributed by atoms with Crippen molar-refractivity contribution in [1.82, 2.24) is 4.57 Å². The molecule has 12 rings (SSSR count). The Hall–Kier alpha value is -7.16. The molecule has 10 aromatic rings. The predicted molar refractivity (Wildman–Crippen MR) is 260 cm³/mol. The van der Waals surface area contributed by atoms with Crippen molar-refractivity contribution in [3.63, 3.8) is 0 Å². The topological polar surface area (TPSA) is 18.1 Å². The van der Waals surface area contributed by atoms with Gasteiger partial charge in [-0.15, -0.1) is 0 Å². The summed E-state index contributed by atoms with van der Waals surface area (Å²) in [5.41, 5.74) is 17.3. The Morgan fingerprint density at radius 3 is 2.05 bits per heavy atom. The summed E-state index contributed by atoms with van der Waals surface area (Å²) in [6, 6.07) is 67.2. The average molecular weight is 798 g/mol. The first-order chi connectivity index (χ1) is 30.5. The number of aromatic nitrogens is 1. The van der Waals surface area contributed by atoms with E-state index in [4.69, 9.17) is 4.42 Å². The number of para-hydroxylation sites is 1. The number of hydrogen-bond donors (Lipinski definition) is 0. The number of rotatable bonds is 8. The lowest BCUT2D eigenvalue weighted by Crippen LogP contribution is -2.24. The maximum Gasteiger partial charge on any atom is 0.161 e. The van der Waals surface area contributed by atoms with Crippen LogP contribution in [0.5, 0.6) is 0 Å². The van der Waals surface area contributed by atoms with Crippen LogP contribution in [0, 0.1) is 5.92 Å². The summed E-state index contributed by atoms with van der Waals surface area (Å²) in [6.45, 7) is 4.87. The van der Waals surface area contributed by atoms with E-state index in [1.54, 1.807) is 0 Å². The molecular formula is C60H47NO. The van der Waals surface area contributed by atoms with Crippen LogP contribution in [-0.2, 0) is 11.8 Å². The molecule has 2 aromatic heterocycles. The molecule has 2 aliphatic carbocycles. The minimum Gasteiger partial charge on any atom is -0.454 e. The predicted octanol–water partition coefficient (Wildman–Crippen LogP) is 15.9. The Kier molecular flexibility index (Phi) is 8.57. The van der Waals surface area contributed by atoms with Crippen LogP contribution in [0.15, 0.2) is 211 Å². The van der Waals surface area contributed by atoms with Crippen molar-refractivity contribution in [2.45, 2.75) is 43.9 Å². The minimum absolute atomic E-state index is 0.0760. The van der Waals surface area contributed by atoms with Crippen LogP contribution in [0.3, 0.4) is 0 Å². The molecule has 0 N–H and O–H groups in total. The van der Waals surface area contributed by atoms with Gasteiger partial charge in [-0.1, -0.05) is 190 Å². The lowest BCUT2D eigenvalue weighted by Gasteiger charge is -2.29. The molecule has 0 fully saturated rings. The standard InChI is InChI=1S/C60H47NO/c1-60(2)54-20-12-11-19-50(54)51-34-31-46(38-55(51)60)48(44-28-26-41(27-29-44)40-13-5-3-6-14-40)33-23-39-21-24-42(25-22-39)45-32-36-56-53(37-45)58-59(62-56)52-35-30-43-15-9-10-18-49(43)57(52)61(58)47-16-7-4-8-17-47/h3-22,24-32,34-38,48,50,54H,23,33H2,1-2H3. The number of allylic oxidation sites excluding steroid dienone is 4. The summed E-state index contributed by atoms with van der Waals surface area (Å²) >= 11 is 0. The van der Waals surface area contributed by atoms with Crippen molar-refractivity contribution in [2.24, 2.45) is 5.92 Å². The van der Waals surface area contributed by atoms with Crippen LogP contribution >= 0.6 is 0 Å². The van der Waals surface area contributed by atoms with Crippen molar-refractivity contribution in [3.05, 3.63) is 234 Å². The van der Waals surface area contributed by atoms with E-state index in [-0.39, 0.29) is 11.3 Å². The van der Waals surface area contributed by atoms with Crippen molar-refractivity contribution in [3.8, 4) is 27.9 Å². The van der Waals surface area contributed by atoms with Gasteiger partial charge in [-0.05, 0) is 110 Å². The van der Waals surface area contributed by atoms with E-state index >= 15 is 0 Å². The second-order valence-corrected chi connectivity index (χ2v) is 18.0. The van der Waals surface area contributed by atoms with E-state index < -0.39 is 0 Å². The fourth-order valence-electron chi connectivity index (χ4n) is 10.9. The quantitative estimate of drug-likeness (QED) is 0.150. The number of aryl methyl sites for hydroxylation is 1. The second kappa shape index (κ2) is 14.5. The summed E-state index contributed by atoms with van der Waals surface area (Å²) in [4.78, 5) is 0. The second-order valence-electron chi connectivity index (χ2n) is 18.0. The average Bonchev–Trinajstić information content (AvgIpc) is 3.94. The Morgan fingerprint density at radius 2 is 1.23 bits per heavy atom. The molecule has 0 amide bonds. The van der Waals surface area contributed by atoms with Crippen LogP contribution in [0.1, 0.15) is 59.9 Å². The van der Waals surface area contributed by atoms with Gasteiger partial charge in [0, 0.05) is 33.7 Å². The van der Waals surface area contributed by atoms with Gasteiger partial charge in [0.25, 0.3) is 0 Å². The minimum atomic E-state index is 0.0760. The fraction of sp³-hybridized carbons (Fsp3) is 0.133. The molecule has 298 valence electrons. The third-order valence-electron chi connectivity index (χ3n) is 14.2. The summed E-state index contributed by atoms with van der Waals surface area (Å²) in [5.74, 6) is 1.22. The number of benzene rings is 8. The van der Waals surface area contributed by atoms with Gasteiger partial charge in [-0.2, -0.15) is 0 Å². The molecule has 0 radical (unpaired) electrons. The van der Waals surface area contributed by atoms with Crippen molar-refractivity contribution < 1.29 is 4.42 Å². The molecule has 2 aliphatic rings. The van der Waals surface area contributed by atoms with Crippen molar-refractivity contribution in [2.75, 3.05) is 0 Å². The number of furan rings is 1. The zero-order chi connectivity index (χ0) is 41.4. The maximum absolute atomic E-state index is 6.72. The highest BCUT2D eigenvalue weighted by atomic mass is 16.3. The van der Waals surface area contributed by atoms with Crippen LogP contribution < -0.4 is 0 Å². The zero-order valence-electron chi connectivity index (χ0n) is 35.1. The van der Waals surface area contributed by atoms with Crippen LogP contribution in [-0.4, -0.2) is 4.57 Å². The molecule has 0 saturated heterocycles. The molecule has 2 nitrogen and oxygen atoms in total. The largest absolute Gasteiger partial charge is 0.454 e. The van der Waals surface area contributed by atoms with Gasteiger partial charge in [0.1, 0.15) is 11.1 Å². The van der Waals surface area contributed by atoms with Gasteiger partial charge < -0.3 is 8.98 Å². The van der Waals surface area contributed by atoms with E-state index in [0.717, 1.165) is 46.0 Å². The van der Waals surface area contributed by atoms with Crippen LogP contribution in [0.2, 0.25) is 0 Å². The third-order valence-corrected chi connectivity index (χ3v) is 14.2. The highest BCUT2D eigenvalue weighted by Crippen LogP contribution is 2.53. The van der Waals surface area contributed by atoms with Gasteiger partial charge in [0.2, 0.25) is 0 Å². The highest BCUT2D eigenvalue weighted by Gasteiger charge is 2.44. The molecule has 0 spiro atoms. The van der Waals surface area contributed by atoms with Gasteiger partial charge in [0.15, 0.2) is 5.58 Å².